The second-order valence-corrected chi connectivity index (χ2v) is 6.89. The van der Waals surface area contributed by atoms with Crippen molar-refractivity contribution in [3.63, 3.8) is 0 Å². The summed E-state index contributed by atoms with van der Waals surface area (Å²) in [4.78, 5) is 12.4. The molecule has 0 unspecified atom stereocenters. The third-order valence-corrected chi connectivity index (χ3v) is 4.84. The van der Waals surface area contributed by atoms with Gasteiger partial charge in [-0.1, -0.05) is 19.1 Å². The highest BCUT2D eigenvalue weighted by Gasteiger charge is 2.73. The molecule has 176 valence electrons. The molecule has 0 aromatic heterocycles. The molecule has 1 amide bonds. The quantitative estimate of drug-likeness (QED) is 0.538. The summed E-state index contributed by atoms with van der Waals surface area (Å²) in [6.07, 6.45) is -12.8. The van der Waals surface area contributed by atoms with Crippen LogP contribution in [0.3, 0.4) is 0 Å². The van der Waals surface area contributed by atoms with Gasteiger partial charge in [-0.2, -0.15) is 26.3 Å². The van der Waals surface area contributed by atoms with Gasteiger partial charge in [0.1, 0.15) is 0 Å². The first-order chi connectivity index (χ1) is 14.6. The van der Waals surface area contributed by atoms with E-state index in [1.54, 1.807) is 0 Å². The van der Waals surface area contributed by atoms with Gasteiger partial charge in [-0.25, -0.2) is 13.2 Å². The Hall–Kier alpha value is -2.76. The Labute approximate surface area is 176 Å². The van der Waals surface area contributed by atoms with Gasteiger partial charge in [-0.05, 0) is 36.6 Å². The zero-order valence-corrected chi connectivity index (χ0v) is 16.6. The molecule has 0 fully saturated rings. The van der Waals surface area contributed by atoms with Gasteiger partial charge in [-0.15, -0.1) is 0 Å². The number of anilines is 1. The average molecular weight is 472 g/mol. The average Bonchev–Trinajstić information content (AvgIpc) is 2.68. The van der Waals surface area contributed by atoms with Crippen molar-refractivity contribution in [2.24, 2.45) is 5.73 Å². The van der Waals surface area contributed by atoms with E-state index in [2.05, 4.69) is 5.32 Å². The number of rotatable bonds is 5. The van der Waals surface area contributed by atoms with Crippen LogP contribution in [0.5, 0.6) is 0 Å². The zero-order valence-electron chi connectivity index (χ0n) is 16.6. The van der Waals surface area contributed by atoms with Gasteiger partial charge in [0.2, 0.25) is 0 Å². The molecule has 0 radical (unpaired) electrons. The summed E-state index contributed by atoms with van der Waals surface area (Å²) in [6, 6.07) is 2.60. The molecule has 3 nitrogen and oxygen atoms in total. The maximum Gasteiger partial charge on any atom is 0.435 e. The molecular weight excluding hydrogens is 455 g/mol. The van der Waals surface area contributed by atoms with Crippen LogP contribution in [0.2, 0.25) is 0 Å². The number of carbonyl (C=O) groups excluding carboxylic acids is 1. The number of amides is 1. The van der Waals surface area contributed by atoms with Crippen LogP contribution in [0.1, 0.15) is 39.5 Å². The number of aryl methyl sites for hydroxylation is 2. The highest BCUT2D eigenvalue weighted by molar-refractivity contribution is 6.05. The number of halogens is 9. The predicted octanol–water partition coefficient (Wildman–Crippen LogP) is 5.84. The second kappa shape index (κ2) is 8.64. The minimum absolute atomic E-state index is 0.209. The smallest absolute Gasteiger partial charge is 0.326 e. The molecule has 0 saturated carbocycles. The van der Waals surface area contributed by atoms with E-state index in [1.165, 1.54) is 6.92 Å². The SMILES string of the molecule is CCc1cc(C(F)(C(F)(F)F)C(F)(F)F)cc(C)c1NC(=O)c1ccc(CN)c(F)c1F. The molecule has 0 bridgehead atoms. The summed E-state index contributed by atoms with van der Waals surface area (Å²) in [5.41, 5.74) is -3.98. The normalized spacial score (nSPS) is 12.8. The van der Waals surface area contributed by atoms with Gasteiger partial charge in [0.25, 0.3) is 5.91 Å². The first kappa shape index (κ1) is 25.5. The van der Waals surface area contributed by atoms with Crippen molar-refractivity contribution in [2.45, 2.75) is 44.8 Å². The van der Waals surface area contributed by atoms with Gasteiger partial charge < -0.3 is 11.1 Å². The molecule has 3 N–H and O–H groups in total. The fourth-order valence-corrected chi connectivity index (χ4v) is 3.11. The van der Waals surface area contributed by atoms with Gasteiger partial charge in [0, 0.05) is 23.4 Å². The Bertz CT molecular complexity index is 1020. The van der Waals surface area contributed by atoms with Crippen molar-refractivity contribution in [3.8, 4) is 0 Å². The number of carbonyl (C=O) groups is 1. The summed E-state index contributed by atoms with van der Waals surface area (Å²) < 4.78 is 121. The van der Waals surface area contributed by atoms with Gasteiger partial charge >= 0.3 is 18.0 Å². The van der Waals surface area contributed by atoms with E-state index in [4.69, 9.17) is 5.73 Å². The summed E-state index contributed by atoms with van der Waals surface area (Å²) >= 11 is 0. The van der Waals surface area contributed by atoms with Crippen LogP contribution in [-0.2, 0) is 18.6 Å². The van der Waals surface area contributed by atoms with Gasteiger partial charge in [0.05, 0.1) is 5.56 Å². The number of nitrogens with one attached hydrogen (secondary N) is 1. The number of alkyl halides is 7. The Morgan fingerprint density at radius 1 is 0.938 bits per heavy atom. The van der Waals surface area contributed by atoms with E-state index >= 15 is 0 Å². The third-order valence-electron chi connectivity index (χ3n) is 4.84. The van der Waals surface area contributed by atoms with Crippen molar-refractivity contribution in [1.29, 1.82) is 0 Å². The minimum atomic E-state index is -6.31. The highest BCUT2D eigenvalue weighted by atomic mass is 19.4. The number of hydrogen-bond donors (Lipinski definition) is 2. The van der Waals surface area contributed by atoms with Gasteiger partial charge in [0.15, 0.2) is 11.6 Å². The van der Waals surface area contributed by atoms with E-state index in [9.17, 15) is 44.3 Å². The molecule has 0 aliphatic carbocycles. The van der Waals surface area contributed by atoms with Crippen LogP contribution >= 0.6 is 0 Å². The van der Waals surface area contributed by atoms with Crippen molar-refractivity contribution < 1.29 is 44.3 Å². The fraction of sp³-hybridized carbons (Fsp3) is 0.350. The van der Waals surface area contributed by atoms with Crippen molar-refractivity contribution >= 4 is 11.6 Å². The molecule has 32 heavy (non-hydrogen) atoms. The molecule has 0 saturated heterocycles. The Morgan fingerprint density at radius 2 is 1.50 bits per heavy atom. The van der Waals surface area contributed by atoms with Crippen molar-refractivity contribution in [2.75, 3.05) is 5.32 Å². The van der Waals surface area contributed by atoms with E-state index < -0.39 is 46.7 Å². The van der Waals surface area contributed by atoms with Crippen LogP contribution in [0.15, 0.2) is 24.3 Å². The predicted molar refractivity (Wildman–Crippen MR) is 97.7 cm³/mol. The molecule has 0 aliphatic rings. The lowest BCUT2D eigenvalue weighted by Crippen LogP contribution is -2.50. The first-order valence-electron chi connectivity index (χ1n) is 9.04. The Kier molecular flexibility index (Phi) is 6.89. The van der Waals surface area contributed by atoms with Crippen molar-refractivity contribution in [1.82, 2.24) is 0 Å². The van der Waals surface area contributed by atoms with Gasteiger partial charge in [-0.3, -0.25) is 4.79 Å². The van der Waals surface area contributed by atoms with E-state index in [0.717, 1.165) is 19.1 Å². The largest absolute Gasteiger partial charge is 0.435 e. The topological polar surface area (TPSA) is 55.1 Å². The third kappa shape index (κ3) is 4.27. The lowest BCUT2D eigenvalue weighted by Gasteiger charge is -2.31. The number of nitrogens with two attached hydrogens (primary N) is 1. The maximum absolute atomic E-state index is 14.4. The number of benzene rings is 2. The molecule has 0 atom stereocenters. The standard InChI is InChI=1S/C20H17F9N2O/c1-3-10-7-12(18(23,19(24,25)26)20(27,28)29)6-9(2)16(10)31-17(32)13-5-4-11(8-30)14(21)15(13)22/h4-7H,3,8,30H2,1-2H3,(H,31,32). The highest BCUT2D eigenvalue weighted by Crippen LogP contribution is 2.53. The lowest BCUT2D eigenvalue weighted by molar-refractivity contribution is -0.348. The van der Waals surface area contributed by atoms with Crippen LogP contribution in [0.25, 0.3) is 0 Å². The summed E-state index contributed by atoms with van der Waals surface area (Å²) in [7, 11) is 0. The zero-order chi connectivity index (χ0) is 24.6. The first-order valence-corrected chi connectivity index (χ1v) is 9.04. The second-order valence-electron chi connectivity index (χ2n) is 6.89. The van der Waals surface area contributed by atoms with Crippen LogP contribution in [0, 0.1) is 18.6 Å². The molecule has 2 rings (SSSR count). The van der Waals surface area contributed by atoms with Crippen LogP contribution < -0.4 is 11.1 Å². The van der Waals surface area contributed by atoms with E-state index in [1.807, 2.05) is 0 Å². The monoisotopic (exact) mass is 472 g/mol. The van der Waals surface area contributed by atoms with Crippen LogP contribution in [0.4, 0.5) is 45.2 Å². The molecule has 2 aromatic rings. The lowest BCUT2D eigenvalue weighted by atomic mass is 9.89. The molecule has 12 heteroatoms. The maximum atomic E-state index is 14.4. The van der Waals surface area contributed by atoms with E-state index in [0.29, 0.717) is 12.1 Å². The molecule has 0 spiro atoms. The summed E-state index contributed by atoms with van der Waals surface area (Å²) in [6.45, 7) is 2.03. The fourth-order valence-electron chi connectivity index (χ4n) is 3.11. The molecule has 2 aromatic carbocycles. The Morgan fingerprint density at radius 3 is 1.97 bits per heavy atom. The number of hydrogen-bond acceptors (Lipinski definition) is 2. The summed E-state index contributed by atoms with van der Waals surface area (Å²) in [5.74, 6) is -4.12. The Balaban J connectivity index is 2.57. The summed E-state index contributed by atoms with van der Waals surface area (Å²) in [5, 5.41) is 2.15. The minimum Gasteiger partial charge on any atom is -0.326 e. The van der Waals surface area contributed by atoms with E-state index in [-0.39, 0.29) is 35.3 Å². The molecular formula is C20H17F9N2O. The molecule has 0 aliphatic heterocycles. The van der Waals surface area contributed by atoms with Crippen molar-refractivity contribution in [3.05, 3.63) is 63.7 Å². The molecule has 0 heterocycles. The van der Waals surface area contributed by atoms with Crippen LogP contribution in [-0.4, -0.2) is 18.3 Å².